The maximum absolute atomic E-state index is 11.7. The lowest BCUT2D eigenvalue weighted by atomic mass is 9.98. The van der Waals surface area contributed by atoms with Crippen LogP contribution in [0.5, 0.6) is 5.75 Å². The van der Waals surface area contributed by atoms with Gasteiger partial charge in [-0.15, -0.1) is 0 Å². The van der Waals surface area contributed by atoms with Crippen molar-refractivity contribution in [1.82, 2.24) is 15.3 Å². The molecule has 8 heteroatoms. The average molecular weight is 296 g/mol. The van der Waals surface area contributed by atoms with Gasteiger partial charge in [-0.25, -0.2) is 4.98 Å². The minimum absolute atomic E-state index is 0.0386. The SMILES string of the molecule is COc1c(N2CCCC(CNCC(=O)O)C2)nc[nH]c1=O. The second-order valence-corrected chi connectivity index (χ2v) is 5.07. The summed E-state index contributed by atoms with van der Waals surface area (Å²) in [5.41, 5.74) is -0.298. The lowest BCUT2D eigenvalue weighted by Crippen LogP contribution is -2.41. The summed E-state index contributed by atoms with van der Waals surface area (Å²) in [6.07, 6.45) is 3.36. The summed E-state index contributed by atoms with van der Waals surface area (Å²) in [7, 11) is 1.45. The van der Waals surface area contributed by atoms with Crippen molar-refractivity contribution in [1.29, 1.82) is 0 Å². The van der Waals surface area contributed by atoms with E-state index in [-0.39, 0.29) is 17.9 Å². The summed E-state index contributed by atoms with van der Waals surface area (Å²) in [6, 6.07) is 0. The average Bonchev–Trinajstić information content (AvgIpc) is 2.47. The Morgan fingerprint density at radius 2 is 2.48 bits per heavy atom. The molecule has 1 aromatic heterocycles. The van der Waals surface area contributed by atoms with Gasteiger partial charge in [-0.3, -0.25) is 9.59 Å². The number of hydrogen-bond donors (Lipinski definition) is 3. The Labute approximate surface area is 122 Å². The number of nitrogens with one attached hydrogen (secondary N) is 2. The van der Waals surface area contributed by atoms with Gasteiger partial charge in [0.25, 0.3) is 5.56 Å². The Hall–Kier alpha value is -2.09. The highest BCUT2D eigenvalue weighted by Crippen LogP contribution is 2.26. The van der Waals surface area contributed by atoms with Gasteiger partial charge in [0.1, 0.15) is 0 Å². The van der Waals surface area contributed by atoms with Crippen LogP contribution in [-0.2, 0) is 4.79 Å². The smallest absolute Gasteiger partial charge is 0.317 e. The Morgan fingerprint density at radius 3 is 3.19 bits per heavy atom. The van der Waals surface area contributed by atoms with Crippen LogP contribution in [0.4, 0.5) is 5.82 Å². The molecular weight excluding hydrogens is 276 g/mol. The van der Waals surface area contributed by atoms with Crippen molar-refractivity contribution in [2.45, 2.75) is 12.8 Å². The first-order valence-electron chi connectivity index (χ1n) is 6.91. The van der Waals surface area contributed by atoms with E-state index in [1.54, 1.807) is 0 Å². The number of aromatic nitrogens is 2. The van der Waals surface area contributed by atoms with Gasteiger partial charge < -0.3 is 25.0 Å². The molecule has 0 aliphatic carbocycles. The molecular formula is C13H20N4O4. The number of methoxy groups -OCH3 is 1. The molecule has 1 unspecified atom stereocenters. The molecule has 8 nitrogen and oxygen atoms in total. The van der Waals surface area contributed by atoms with Crippen molar-refractivity contribution in [2.24, 2.45) is 5.92 Å². The summed E-state index contributed by atoms with van der Waals surface area (Å²) >= 11 is 0. The second kappa shape index (κ2) is 7.07. The topological polar surface area (TPSA) is 108 Å². The van der Waals surface area contributed by atoms with Gasteiger partial charge in [-0.2, -0.15) is 0 Å². The van der Waals surface area contributed by atoms with Crippen LogP contribution in [0, 0.1) is 5.92 Å². The molecule has 1 fully saturated rings. The van der Waals surface area contributed by atoms with Gasteiger partial charge in [0.05, 0.1) is 20.0 Å². The molecule has 1 saturated heterocycles. The van der Waals surface area contributed by atoms with Crippen LogP contribution in [0.2, 0.25) is 0 Å². The standard InChI is InChI=1S/C13H20N4O4/c1-21-11-12(15-8-16-13(11)20)17-4-2-3-9(7-17)5-14-6-10(18)19/h8-9,14H,2-7H2,1H3,(H,18,19)(H,15,16,20). The van der Waals surface area contributed by atoms with Crippen LogP contribution in [0.25, 0.3) is 0 Å². The van der Waals surface area contributed by atoms with Crippen molar-refractivity contribution in [3.05, 3.63) is 16.7 Å². The molecule has 1 aliphatic rings. The van der Waals surface area contributed by atoms with Gasteiger partial charge in [0.2, 0.25) is 5.75 Å². The van der Waals surface area contributed by atoms with Crippen LogP contribution >= 0.6 is 0 Å². The number of carbonyl (C=O) groups is 1. The Morgan fingerprint density at radius 1 is 1.67 bits per heavy atom. The summed E-state index contributed by atoms with van der Waals surface area (Å²) in [5, 5.41) is 11.6. The Balaban J connectivity index is 2.02. The fourth-order valence-corrected chi connectivity index (χ4v) is 2.59. The Kier molecular flexibility index (Phi) is 5.15. The predicted octanol–water partition coefficient (Wildman–Crippen LogP) is -0.331. The molecule has 0 bridgehead atoms. The normalized spacial score (nSPS) is 18.5. The third kappa shape index (κ3) is 3.94. The molecule has 1 atom stereocenters. The third-order valence-corrected chi connectivity index (χ3v) is 3.52. The molecule has 0 saturated carbocycles. The van der Waals surface area contributed by atoms with Crippen LogP contribution < -0.4 is 20.5 Å². The minimum atomic E-state index is -0.861. The van der Waals surface area contributed by atoms with E-state index in [4.69, 9.17) is 9.84 Å². The first-order valence-corrected chi connectivity index (χ1v) is 6.91. The lowest BCUT2D eigenvalue weighted by Gasteiger charge is -2.34. The van der Waals surface area contributed by atoms with Crippen LogP contribution in [-0.4, -0.2) is 54.3 Å². The molecule has 0 aromatic carbocycles. The number of anilines is 1. The zero-order chi connectivity index (χ0) is 15.2. The zero-order valence-electron chi connectivity index (χ0n) is 12.0. The number of ether oxygens (including phenoxy) is 1. The molecule has 21 heavy (non-hydrogen) atoms. The highest BCUT2D eigenvalue weighted by atomic mass is 16.5. The number of aromatic amines is 1. The molecule has 0 spiro atoms. The van der Waals surface area contributed by atoms with Gasteiger partial charge in [-0.05, 0) is 18.8 Å². The maximum Gasteiger partial charge on any atom is 0.317 e. The molecule has 2 rings (SSSR count). The van der Waals surface area contributed by atoms with Crippen molar-refractivity contribution in [3.63, 3.8) is 0 Å². The summed E-state index contributed by atoms with van der Waals surface area (Å²) in [6.45, 7) is 2.12. The number of carboxylic acids is 1. The van der Waals surface area contributed by atoms with Crippen LogP contribution in [0.3, 0.4) is 0 Å². The zero-order valence-corrected chi connectivity index (χ0v) is 12.0. The van der Waals surface area contributed by atoms with E-state index in [2.05, 4.69) is 15.3 Å². The Bertz CT molecular complexity index is 545. The van der Waals surface area contributed by atoms with Gasteiger partial charge in [0.15, 0.2) is 5.82 Å². The van der Waals surface area contributed by atoms with E-state index in [9.17, 15) is 9.59 Å². The summed E-state index contributed by atoms with van der Waals surface area (Å²) < 4.78 is 5.14. The first-order chi connectivity index (χ1) is 10.1. The molecule has 116 valence electrons. The molecule has 0 radical (unpaired) electrons. The van der Waals surface area contributed by atoms with E-state index in [0.29, 0.717) is 18.3 Å². The summed E-state index contributed by atoms with van der Waals surface area (Å²) in [4.78, 5) is 30.9. The number of piperidine rings is 1. The number of carboxylic acid groups (broad SMARTS) is 1. The number of rotatable bonds is 6. The fourth-order valence-electron chi connectivity index (χ4n) is 2.59. The third-order valence-electron chi connectivity index (χ3n) is 3.52. The number of hydrogen-bond acceptors (Lipinski definition) is 6. The van der Waals surface area contributed by atoms with Crippen molar-refractivity contribution in [2.75, 3.05) is 38.2 Å². The molecule has 1 aliphatic heterocycles. The molecule has 0 amide bonds. The van der Waals surface area contributed by atoms with E-state index in [0.717, 1.165) is 25.9 Å². The van der Waals surface area contributed by atoms with Gasteiger partial charge in [-0.1, -0.05) is 0 Å². The monoisotopic (exact) mass is 296 g/mol. The predicted molar refractivity (Wildman–Crippen MR) is 76.9 cm³/mol. The minimum Gasteiger partial charge on any atom is -0.489 e. The fraction of sp³-hybridized carbons (Fsp3) is 0.615. The van der Waals surface area contributed by atoms with E-state index in [1.165, 1.54) is 13.4 Å². The van der Waals surface area contributed by atoms with E-state index in [1.807, 2.05) is 4.90 Å². The van der Waals surface area contributed by atoms with Crippen molar-refractivity contribution < 1.29 is 14.6 Å². The highest BCUT2D eigenvalue weighted by Gasteiger charge is 2.24. The van der Waals surface area contributed by atoms with Gasteiger partial charge >= 0.3 is 5.97 Å². The molecule has 3 N–H and O–H groups in total. The van der Waals surface area contributed by atoms with Crippen molar-refractivity contribution >= 4 is 11.8 Å². The molecule has 1 aromatic rings. The van der Waals surface area contributed by atoms with Crippen LogP contribution in [0.1, 0.15) is 12.8 Å². The van der Waals surface area contributed by atoms with E-state index >= 15 is 0 Å². The highest BCUT2D eigenvalue weighted by molar-refractivity contribution is 5.68. The van der Waals surface area contributed by atoms with E-state index < -0.39 is 5.97 Å². The largest absolute Gasteiger partial charge is 0.489 e. The number of H-pyrrole nitrogens is 1. The molecule has 2 heterocycles. The lowest BCUT2D eigenvalue weighted by molar-refractivity contribution is -0.136. The second-order valence-electron chi connectivity index (χ2n) is 5.07. The van der Waals surface area contributed by atoms with Gasteiger partial charge in [0, 0.05) is 19.6 Å². The quantitative estimate of drug-likeness (QED) is 0.659. The summed E-state index contributed by atoms with van der Waals surface area (Å²) in [5.74, 6) is 0.227. The van der Waals surface area contributed by atoms with Crippen LogP contribution in [0.15, 0.2) is 11.1 Å². The number of nitrogens with zero attached hydrogens (tertiary/aromatic N) is 2. The first kappa shape index (κ1) is 15.3. The number of aliphatic carboxylic acids is 1. The van der Waals surface area contributed by atoms with Crippen molar-refractivity contribution in [3.8, 4) is 5.75 Å². The maximum atomic E-state index is 11.7.